The van der Waals surface area contributed by atoms with Crippen LogP contribution in [0.1, 0.15) is 12.0 Å². The Labute approximate surface area is 149 Å². The first kappa shape index (κ1) is 17.0. The topological polar surface area (TPSA) is 61.4 Å². The Morgan fingerprint density at radius 1 is 1.16 bits per heavy atom. The molecule has 0 saturated heterocycles. The molecule has 3 rings (SSSR count). The van der Waals surface area contributed by atoms with Crippen LogP contribution in [0.4, 0.5) is 0 Å². The largest absolute Gasteiger partial charge is 0.462 e. The number of halogens is 1. The number of hydrogen-bond acceptors (Lipinski definition) is 4. The van der Waals surface area contributed by atoms with E-state index in [1.54, 1.807) is 24.3 Å². The molecule has 0 amide bonds. The van der Waals surface area contributed by atoms with Gasteiger partial charge < -0.3 is 9.15 Å². The van der Waals surface area contributed by atoms with Crippen LogP contribution in [-0.4, -0.2) is 17.1 Å². The minimum Gasteiger partial charge on any atom is -0.462 e. The minimum absolute atomic E-state index is 0.218. The number of carbonyl (C=O) groups excluding carboxylic acids is 1. The smallest absolute Gasteiger partial charge is 0.419 e. The third-order valence-electron chi connectivity index (χ3n) is 3.63. The normalized spacial score (nSPS) is 11.2. The van der Waals surface area contributed by atoms with Gasteiger partial charge in [-0.2, -0.15) is 0 Å². The Kier molecular flexibility index (Phi) is 5.36. The zero-order chi connectivity index (χ0) is 17.6. The molecule has 0 aliphatic rings. The van der Waals surface area contributed by atoms with Gasteiger partial charge in [-0.25, -0.2) is 9.59 Å². The zero-order valence-electron chi connectivity index (χ0n) is 13.4. The second kappa shape index (κ2) is 7.85. The van der Waals surface area contributed by atoms with Crippen LogP contribution in [0.25, 0.3) is 17.2 Å². The number of esters is 1. The van der Waals surface area contributed by atoms with Crippen molar-refractivity contribution < 1.29 is 13.9 Å². The van der Waals surface area contributed by atoms with Crippen LogP contribution in [0.3, 0.4) is 0 Å². The highest BCUT2D eigenvalue weighted by atomic mass is 35.5. The third-order valence-corrected chi connectivity index (χ3v) is 3.88. The van der Waals surface area contributed by atoms with Crippen molar-refractivity contribution in [3.63, 3.8) is 0 Å². The monoisotopic (exact) mass is 357 g/mol. The van der Waals surface area contributed by atoms with Crippen LogP contribution in [0.5, 0.6) is 0 Å². The van der Waals surface area contributed by atoms with Crippen molar-refractivity contribution in [1.29, 1.82) is 0 Å². The molecule has 5 nitrogen and oxygen atoms in total. The molecule has 1 heterocycles. The second-order valence-corrected chi connectivity index (χ2v) is 5.83. The standard InChI is InChI=1S/C19H16ClNO4/c20-15-9-6-14(7-10-15)8-11-18(22)24-13-3-12-21-16-4-1-2-5-17(16)25-19(21)23/h1-2,4-11H,3,12-13H2/b11-8+. The van der Waals surface area contributed by atoms with Gasteiger partial charge in [-0.05, 0) is 42.3 Å². The van der Waals surface area contributed by atoms with Crippen LogP contribution >= 0.6 is 11.6 Å². The van der Waals surface area contributed by atoms with Crippen molar-refractivity contribution in [2.75, 3.05) is 6.61 Å². The molecule has 3 aromatic rings. The SMILES string of the molecule is O=C(/C=C/c1ccc(Cl)cc1)OCCCn1c(=O)oc2ccccc21. The quantitative estimate of drug-likeness (QED) is 0.381. The molecule has 0 N–H and O–H groups in total. The van der Waals surface area contributed by atoms with Gasteiger partial charge >= 0.3 is 11.7 Å². The van der Waals surface area contributed by atoms with Gasteiger partial charge in [0.15, 0.2) is 5.58 Å². The van der Waals surface area contributed by atoms with Crippen molar-refractivity contribution >= 4 is 34.7 Å². The summed E-state index contributed by atoms with van der Waals surface area (Å²) in [4.78, 5) is 23.5. The number of nitrogens with zero attached hydrogens (tertiary/aromatic N) is 1. The summed E-state index contributed by atoms with van der Waals surface area (Å²) in [6, 6.07) is 14.3. The molecule has 2 aromatic carbocycles. The Morgan fingerprint density at radius 3 is 2.72 bits per heavy atom. The van der Waals surface area contributed by atoms with E-state index in [1.165, 1.54) is 10.6 Å². The highest BCUT2D eigenvalue weighted by Gasteiger charge is 2.08. The fourth-order valence-corrected chi connectivity index (χ4v) is 2.53. The lowest BCUT2D eigenvalue weighted by Crippen LogP contribution is -2.15. The number of aromatic nitrogens is 1. The predicted molar refractivity (Wildman–Crippen MR) is 96.5 cm³/mol. The Hall–Kier alpha value is -2.79. The van der Waals surface area contributed by atoms with E-state index in [9.17, 15) is 9.59 Å². The summed E-state index contributed by atoms with van der Waals surface area (Å²) in [5.74, 6) is -0.838. The molecule has 0 aliphatic heterocycles. The molecule has 0 atom stereocenters. The maximum atomic E-state index is 11.8. The summed E-state index contributed by atoms with van der Waals surface area (Å²) in [7, 11) is 0. The van der Waals surface area contributed by atoms with Crippen molar-refractivity contribution in [3.8, 4) is 0 Å². The first-order valence-corrected chi connectivity index (χ1v) is 8.20. The Bertz CT molecular complexity index is 953. The van der Waals surface area contributed by atoms with Crippen LogP contribution < -0.4 is 5.76 Å². The molecule has 0 spiro atoms. The number of rotatable bonds is 6. The number of benzene rings is 2. The van der Waals surface area contributed by atoms with E-state index in [0.717, 1.165) is 11.1 Å². The van der Waals surface area contributed by atoms with E-state index in [2.05, 4.69) is 0 Å². The van der Waals surface area contributed by atoms with Gasteiger partial charge in [0.05, 0.1) is 12.1 Å². The predicted octanol–water partition coefficient (Wildman–Crippen LogP) is 3.89. The fraction of sp³-hybridized carbons (Fsp3) is 0.158. The number of carbonyl (C=O) groups is 1. The van der Waals surface area contributed by atoms with Gasteiger partial charge in [0, 0.05) is 17.6 Å². The lowest BCUT2D eigenvalue weighted by Gasteiger charge is -2.03. The number of para-hydroxylation sites is 2. The van der Waals surface area contributed by atoms with Crippen molar-refractivity contribution in [2.24, 2.45) is 0 Å². The van der Waals surface area contributed by atoms with Crippen LogP contribution in [-0.2, 0) is 16.1 Å². The van der Waals surface area contributed by atoms with Gasteiger partial charge in [0.2, 0.25) is 0 Å². The molecule has 0 saturated carbocycles. The lowest BCUT2D eigenvalue weighted by molar-refractivity contribution is -0.137. The maximum absolute atomic E-state index is 11.8. The summed E-state index contributed by atoms with van der Waals surface area (Å²) >= 11 is 5.80. The fourth-order valence-electron chi connectivity index (χ4n) is 2.41. The summed E-state index contributed by atoms with van der Waals surface area (Å²) in [6.45, 7) is 0.639. The zero-order valence-corrected chi connectivity index (χ0v) is 14.1. The number of ether oxygens (including phenoxy) is 1. The summed E-state index contributed by atoms with van der Waals surface area (Å²) in [5.41, 5.74) is 2.15. The Morgan fingerprint density at radius 2 is 1.92 bits per heavy atom. The van der Waals surface area contributed by atoms with Gasteiger partial charge in [-0.15, -0.1) is 0 Å². The number of hydrogen-bond donors (Lipinski definition) is 0. The summed E-state index contributed by atoms with van der Waals surface area (Å²) < 4.78 is 11.8. The van der Waals surface area contributed by atoms with E-state index in [1.807, 2.05) is 30.3 Å². The van der Waals surface area contributed by atoms with Gasteiger partial charge in [0.1, 0.15) is 0 Å². The highest BCUT2D eigenvalue weighted by Crippen LogP contribution is 2.12. The lowest BCUT2D eigenvalue weighted by atomic mass is 10.2. The first-order valence-electron chi connectivity index (χ1n) is 7.82. The average Bonchev–Trinajstić information content (AvgIpc) is 2.93. The minimum atomic E-state index is -0.431. The van der Waals surface area contributed by atoms with Crippen LogP contribution in [0.15, 0.2) is 63.8 Å². The molecule has 0 bridgehead atoms. The molecular weight excluding hydrogens is 342 g/mol. The molecule has 25 heavy (non-hydrogen) atoms. The maximum Gasteiger partial charge on any atom is 0.419 e. The van der Waals surface area contributed by atoms with E-state index >= 15 is 0 Å². The molecule has 0 fully saturated rings. The molecule has 1 aromatic heterocycles. The molecule has 0 unspecified atom stereocenters. The number of oxazole rings is 1. The number of fused-ring (bicyclic) bond motifs is 1. The van der Waals surface area contributed by atoms with E-state index in [0.29, 0.717) is 23.6 Å². The third kappa shape index (κ3) is 4.39. The van der Waals surface area contributed by atoms with Gasteiger partial charge in [0.25, 0.3) is 0 Å². The van der Waals surface area contributed by atoms with E-state index in [-0.39, 0.29) is 6.61 Å². The summed E-state index contributed by atoms with van der Waals surface area (Å²) in [6.07, 6.45) is 3.54. The highest BCUT2D eigenvalue weighted by molar-refractivity contribution is 6.30. The molecule has 128 valence electrons. The Balaban J connectivity index is 1.49. The molecule has 0 radical (unpaired) electrons. The van der Waals surface area contributed by atoms with E-state index in [4.69, 9.17) is 20.8 Å². The van der Waals surface area contributed by atoms with Gasteiger partial charge in [-0.3, -0.25) is 4.57 Å². The molecule has 0 aliphatic carbocycles. The summed E-state index contributed by atoms with van der Waals surface area (Å²) in [5, 5.41) is 0.640. The molecular formula is C19H16ClNO4. The first-order chi connectivity index (χ1) is 12.1. The van der Waals surface area contributed by atoms with Crippen molar-refractivity contribution in [1.82, 2.24) is 4.57 Å². The van der Waals surface area contributed by atoms with Crippen LogP contribution in [0.2, 0.25) is 5.02 Å². The number of aryl methyl sites for hydroxylation is 1. The van der Waals surface area contributed by atoms with Crippen molar-refractivity contribution in [3.05, 3.63) is 75.7 Å². The van der Waals surface area contributed by atoms with Crippen molar-refractivity contribution in [2.45, 2.75) is 13.0 Å². The van der Waals surface area contributed by atoms with E-state index < -0.39 is 11.7 Å². The van der Waals surface area contributed by atoms with Gasteiger partial charge in [-0.1, -0.05) is 35.9 Å². The van der Waals surface area contributed by atoms with Crippen LogP contribution in [0, 0.1) is 0 Å². The second-order valence-electron chi connectivity index (χ2n) is 5.39. The molecule has 6 heteroatoms. The average molecular weight is 358 g/mol.